The molecule has 0 bridgehead atoms. The molecule has 154 valence electrons. The molecule has 0 radical (unpaired) electrons. The van der Waals surface area contributed by atoms with Gasteiger partial charge in [-0.1, -0.05) is 60.7 Å². The number of amides is 1. The highest BCUT2D eigenvalue weighted by molar-refractivity contribution is 5.98. The largest absolute Gasteiger partial charge is 0.348 e. The monoisotopic (exact) mass is 412 g/mol. The molecular weight excluding hydrogens is 392 g/mol. The summed E-state index contributed by atoms with van der Waals surface area (Å²) in [6, 6.07) is 23.8. The standard InChI is InChI=1S/C24H20N4O3/c29-24(22-8-3-4-9-23(22)28(30)31)25-16-20-6-1-2-7-21(20)19-12-10-18(11-13-19)17-27-15-5-14-26-27/h1-15H,16-17H2,(H,25,29). The molecule has 1 N–H and O–H groups in total. The van der Waals surface area contributed by atoms with Crippen molar-refractivity contribution < 1.29 is 9.72 Å². The molecule has 1 amide bonds. The van der Waals surface area contributed by atoms with Crippen molar-refractivity contribution in [3.8, 4) is 11.1 Å². The molecule has 7 heteroatoms. The number of nitro benzene ring substituents is 1. The van der Waals surface area contributed by atoms with Crippen molar-refractivity contribution in [1.29, 1.82) is 0 Å². The van der Waals surface area contributed by atoms with Gasteiger partial charge in [0.2, 0.25) is 0 Å². The number of benzene rings is 3. The number of carbonyl (C=O) groups excluding carboxylic acids is 1. The van der Waals surface area contributed by atoms with Crippen LogP contribution in [0.3, 0.4) is 0 Å². The molecule has 31 heavy (non-hydrogen) atoms. The number of nitrogens with zero attached hydrogens (tertiary/aromatic N) is 3. The van der Waals surface area contributed by atoms with Crippen LogP contribution in [0, 0.1) is 10.1 Å². The molecule has 3 aromatic carbocycles. The zero-order chi connectivity index (χ0) is 21.6. The Kier molecular flexibility index (Phi) is 5.84. The molecule has 0 saturated carbocycles. The van der Waals surface area contributed by atoms with E-state index in [0.29, 0.717) is 6.54 Å². The van der Waals surface area contributed by atoms with Gasteiger partial charge in [0.1, 0.15) is 5.56 Å². The fourth-order valence-corrected chi connectivity index (χ4v) is 3.42. The van der Waals surface area contributed by atoms with Crippen LogP contribution in [-0.4, -0.2) is 20.6 Å². The Morgan fingerprint density at radius 3 is 2.45 bits per heavy atom. The minimum atomic E-state index is -0.548. The summed E-state index contributed by atoms with van der Waals surface area (Å²) < 4.78 is 1.86. The van der Waals surface area contributed by atoms with Crippen LogP contribution in [0.25, 0.3) is 11.1 Å². The van der Waals surface area contributed by atoms with Crippen LogP contribution in [0.5, 0.6) is 0 Å². The number of nitrogens with one attached hydrogen (secondary N) is 1. The van der Waals surface area contributed by atoms with Gasteiger partial charge in [0.05, 0.1) is 11.5 Å². The predicted octanol–water partition coefficient (Wildman–Crippen LogP) is 4.44. The number of nitro groups is 1. The average Bonchev–Trinajstić information content (AvgIpc) is 3.31. The van der Waals surface area contributed by atoms with Crippen LogP contribution < -0.4 is 5.32 Å². The molecular formula is C24H20N4O3. The number of aromatic nitrogens is 2. The van der Waals surface area contributed by atoms with Crippen molar-refractivity contribution in [3.63, 3.8) is 0 Å². The van der Waals surface area contributed by atoms with Gasteiger partial charge in [0.25, 0.3) is 11.6 Å². The maximum absolute atomic E-state index is 12.6. The highest BCUT2D eigenvalue weighted by Crippen LogP contribution is 2.25. The van der Waals surface area contributed by atoms with E-state index in [1.54, 1.807) is 18.3 Å². The summed E-state index contributed by atoms with van der Waals surface area (Å²) in [5.41, 5.74) is 3.92. The third-order valence-electron chi connectivity index (χ3n) is 4.97. The molecule has 0 spiro atoms. The van der Waals surface area contributed by atoms with Crippen molar-refractivity contribution in [2.45, 2.75) is 13.1 Å². The SMILES string of the molecule is O=C(NCc1ccccc1-c1ccc(Cn2cccn2)cc1)c1ccccc1[N+](=O)[O-]. The number of para-hydroxylation sites is 1. The zero-order valence-electron chi connectivity index (χ0n) is 16.6. The molecule has 1 heterocycles. The molecule has 0 aliphatic heterocycles. The molecule has 4 aromatic rings. The average molecular weight is 412 g/mol. The van der Waals surface area contributed by atoms with Crippen molar-refractivity contribution in [2.24, 2.45) is 0 Å². The van der Waals surface area contributed by atoms with Crippen molar-refractivity contribution >= 4 is 11.6 Å². The summed E-state index contributed by atoms with van der Waals surface area (Å²) in [7, 11) is 0. The smallest absolute Gasteiger partial charge is 0.282 e. The van der Waals surface area contributed by atoms with E-state index < -0.39 is 10.8 Å². The Morgan fingerprint density at radius 2 is 1.71 bits per heavy atom. The van der Waals surface area contributed by atoms with Gasteiger partial charge in [-0.2, -0.15) is 5.10 Å². The lowest BCUT2D eigenvalue weighted by molar-refractivity contribution is -0.385. The Hall–Kier alpha value is -4.26. The van der Waals surface area contributed by atoms with Gasteiger partial charge in [0.15, 0.2) is 0 Å². The molecule has 7 nitrogen and oxygen atoms in total. The first-order valence-electron chi connectivity index (χ1n) is 9.78. The van der Waals surface area contributed by atoms with Crippen molar-refractivity contribution in [2.75, 3.05) is 0 Å². The number of hydrogen-bond acceptors (Lipinski definition) is 4. The summed E-state index contributed by atoms with van der Waals surface area (Å²) in [6.07, 6.45) is 3.67. The van der Waals surface area contributed by atoms with Crippen LogP contribution in [0.2, 0.25) is 0 Å². The Labute approximate surface area is 179 Å². The molecule has 1 aromatic heterocycles. The van der Waals surface area contributed by atoms with E-state index in [4.69, 9.17) is 0 Å². The quantitative estimate of drug-likeness (QED) is 0.359. The lowest BCUT2D eigenvalue weighted by Crippen LogP contribution is -2.24. The van der Waals surface area contributed by atoms with E-state index in [0.717, 1.165) is 22.3 Å². The second-order valence-electron chi connectivity index (χ2n) is 7.01. The summed E-state index contributed by atoms with van der Waals surface area (Å²) in [5, 5.41) is 18.2. The fraction of sp³-hybridized carbons (Fsp3) is 0.0833. The van der Waals surface area contributed by atoms with Crippen LogP contribution in [0.15, 0.2) is 91.3 Å². The van der Waals surface area contributed by atoms with Crippen LogP contribution in [0.4, 0.5) is 5.69 Å². The van der Waals surface area contributed by atoms with Gasteiger partial charge in [-0.3, -0.25) is 19.6 Å². The first-order valence-corrected chi connectivity index (χ1v) is 9.78. The molecule has 0 atom stereocenters. The minimum Gasteiger partial charge on any atom is -0.348 e. The molecule has 0 aliphatic carbocycles. The predicted molar refractivity (Wildman–Crippen MR) is 117 cm³/mol. The summed E-state index contributed by atoms with van der Waals surface area (Å²) in [4.78, 5) is 23.2. The lowest BCUT2D eigenvalue weighted by Gasteiger charge is -2.12. The van der Waals surface area contributed by atoms with Gasteiger partial charge in [-0.05, 0) is 34.4 Å². The Bertz CT molecular complexity index is 1200. The van der Waals surface area contributed by atoms with E-state index in [-0.39, 0.29) is 17.8 Å². The molecule has 0 saturated heterocycles. The van der Waals surface area contributed by atoms with Gasteiger partial charge < -0.3 is 5.32 Å². The van der Waals surface area contributed by atoms with Crippen LogP contribution >= 0.6 is 0 Å². The third-order valence-corrected chi connectivity index (χ3v) is 4.97. The maximum atomic E-state index is 12.6. The van der Waals surface area contributed by atoms with E-state index >= 15 is 0 Å². The normalized spacial score (nSPS) is 10.6. The summed E-state index contributed by atoms with van der Waals surface area (Å²) >= 11 is 0. The first-order chi connectivity index (χ1) is 15.1. The van der Waals surface area contributed by atoms with E-state index in [2.05, 4.69) is 22.5 Å². The highest BCUT2D eigenvalue weighted by atomic mass is 16.6. The topological polar surface area (TPSA) is 90.1 Å². The molecule has 4 rings (SSSR count). The van der Waals surface area contributed by atoms with Crippen LogP contribution in [0.1, 0.15) is 21.5 Å². The van der Waals surface area contributed by atoms with Crippen LogP contribution in [-0.2, 0) is 13.1 Å². The number of hydrogen-bond donors (Lipinski definition) is 1. The second-order valence-corrected chi connectivity index (χ2v) is 7.01. The highest BCUT2D eigenvalue weighted by Gasteiger charge is 2.19. The van der Waals surface area contributed by atoms with Gasteiger partial charge >= 0.3 is 0 Å². The van der Waals surface area contributed by atoms with E-state index in [9.17, 15) is 14.9 Å². The third kappa shape index (κ3) is 4.67. The van der Waals surface area contributed by atoms with Crippen molar-refractivity contribution in [3.05, 3.63) is 118 Å². The summed E-state index contributed by atoms with van der Waals surface area (Å²) in [5.74, 6) is -0.475. The molecule has 0 aliphatic rings. The van der Waals surface area contributed by atoms with E-state index in [1.807, 2.05) is 53.3 Å². The first kappa shape index (κ1) is 20.0. The van der Waals surface area contributed by atoms with E-state index in [1.165, 1.54) is 12.1 Å². The number of carbonyl (C=O) groups is 1. The summed E-state index contributed by atoms with van der Waals surface area (Å²) in [6.45, 7) is 0.955. The molecule has 0 unspecified atom stereocenters. The van der Waals surface area contributed by atoms with Gasteiger partial charge in [0, 0.05) is 25.0 Å². The van der Waals surface area contributed by atoms with Gasteiger partial charge in [-0.15, -0.1) is 0 Å². The second kappa shape index (κ2) is 9.04. The fourth-order valence-electron chi connectivity index (χ4n) is 3.42. The zero-order valence-corrected chi connectivity index (χ0v) is 16.6. The molecule has 0 fully saturated rings. The van der Waals surface area contributed by atoms with Crippen molar-refractivity contribution in [1.82, 2.24) is 15.1 Å². The minimum absolute atomic E-state index is 0.0490. The Balaban J connectivity index is 1.50. The lowest BCUT2D eigenvalue weighted by atomic mass is 9.98. The Morgan fingerprint density at radius 1 is 0.968 bits per heavy atom. The van der Waals surface area contributed by atoms with Gasteiger partial charge in [-0.25, -0.2) is 0 Å². The number of rotatable bonds is 7. The maximum Gasteiger partial charge on any atom is 0.282 e.